The van der Waals surface area contributed by atoms with E-state index in [0.717, 1.165) is 31.8 Å². The van der Waals surface area contributed by atoms with Gasteiger partial charge in [-0.05, 0) is 23.3 Å². The normalized spacial score (nSPS) is 27.3. The van der Waals surface area contributed by atoms with E-state index >= 15 is 0 Å². The molecule has 1 saturated heterocycles. The molecule has 1 aromatic rings. The first-order valence-electron chi connectivity index (χ1n) is 9.49. The van der Waals surface area contributed by atoms with Crippen molar-refractivity contribution in [3.05, 3.63) is 5.82 Å². The average Bonchev–Trinajstić information content (AvgIpc) is 3.05. The van der Waals surface area contributed by atoms with Crippen LogP contribution in [0.1, 0.15) is 76.7 Å². The molecular weight excluding hydrogens is 304 g/mol. The standard InChI is InChI=1S/C17H30N6O/c1-12(2)15(22-10-8-13(9-11-22)16(18)24)17-19-20-21-23(17)14-6-4-3-5-7-14/h12-15H,3-11H2,1-2H3,(H2,18,24)/p+1/t15-/m0/s1. The molecule has 2 aliphatic rings. The lowest BCUT2D eigenvalue weighted by molar-refractivity contribution is -0.941. The van der Waals surface area contributed by atoms with Crippen LogP contribution in [-0.4, -0.2) is 39.2 Å². The van der Waals surface area contributed by atoms with Crippen LogP contribution in [0.15, 0.2) is 0 Å². The van der Waals surface area contributed by atoms with Crippen molar-refractivity contribution < 1.29 is 9.69 Å². The van der Waals surface area contributed by atoms with E-state index in [-0.39, 0.29) is 17.9 Å². The number of aromatic nitrogens is 4. The quantitative estimate of drug-likeness (QED) is 0.827. The molecule has 1 aromatic heterocycles. The largest absolute Gasteiger partial charge is 0.369 e. The Bertz CT molecular complexity index is 543. The molecule has 0 bridgehead atoms. The number of nitrogens with two attached hydrogens (primary N) is 1. The molecule has 24 heavy (non-hydrogen) atoms. The zero-order valence-corrected chi connectivity index (χ0v) is 14.9. The van der Waals surface area contributed by atoms with Crippen molar-refractivity contribution in [2.24, 2.45) is 17.6 Å². The number of rotatable bonds is 5. The van der Waals surface area contributed by atoms with Crippen LogP contribution in [0.4, 0.5) is 0 Å². The van der Waals surface area contributed by atoms with Gasteiger partial charge in [-0.15, -0.1) is 5.10 Å². The molecule has 7 nitrogen and oxygen atoms in total. The Kier molecular flexibility index (Phi) is 5.48. The second-order valence-corrected chi connectivity index (χ2v) is 7.83. The minimum Gasteiger partial charge on any atom is -0.369 e. The fraction of sp³-hybridized carbons (Fsp3) is 0.882. The van der Waals surface area contributed by atoms with E-state index in [0.29, 0.717) is 12.0 Å². The van der Waals surface area contributed by atoms with Gasteiger partial charge in [0, 0.05) is 24.7 Å². The molecule has 1 aliphatic heterocycles. The number of amides is 1. The van der Waals surface area contributed by atoms with Gasteiger partial charge in [0.25, 0.3) is 0 Å². The maximum atomic E-state index is 11.4. The van der Waals surface area contributed by atoms with Crippen LogP contribution in [0.5, 0.6) is 0 Å². The third kappa shape index (κ3) is 3.61. The molecule has 0 spiro atoms. The van der Waals surface area contributed by atoms with Crippen LogP contribution < -0.4 is 10.6 Å². The predicted molar refractivity (Wildman–Crippen MR) is 90.1 cm³/mol. The SMILES string of the molecule is CC(C)[C@@H](c1nnnn1C1CCCCC1)[NH+]1CCC(C(N)=O)CC1. The highest BCUT2D eigenvalue weighted by Gasteiger charge is 2.37. The number of nitrogens with one attached hydrogen (secondary N) is 1. The second kappa shape index (κ2) is 7.59. The second-order valence-electron chi connectivity index (χ2n) is 7.83. The summed E-state index contributed by atoms with van der Waals surface area (Å²) >= 11 is 0. The zero-order chi connectivity index (χ0) is 17.1. The Morgan fingerprint density at radius 3 is 2.42 bits per heavy atom. The summed E-state index contributed by atoms with van der Waals surface area (Å²) in [6.45, 7) is 6.43. The number of hydrogen-bond acceptors (Lipinski definition) is 4. The number of quaternary nitrogens is 1. The molecule has 134 valence electrons. The van der Waals surface area contributed by atoms with Crippen molar-refractivity contribution in [3.8, 4) is 0 Å². The minimum absolute atomic E-state index is 0.0379. The number of tetrazole rings is 1. The molecule has 1 amide bonds. The number of carbonyl (C=O) groups is 1. The van der Waals surface area contributed by atoms with Gasteiger partial charge in [0.1, 0.15) is 0 Å². The molecule has 7 heteroatoms. The Balaban J connectivity index is 1.77. The summed E-state index contributed by atoms with van der Waals surface area (Å²) in [5.74, 6) is 1.38. The highest BCUT2D eigenvalue weighted by Crippen LogP contribution is 2.30. The van der Waals surface area contributed by atoms with Gasteiger partial charge in [-0.2, -0.15) is 0 Å². The van der Waals surface area contributed by atoms with Crippen molar-refractivity contribution >= 4 is 5.91 Å². The number of hydrogen-bond donors (Lipinski definition) is 2. The fourth-order valence-electron chi connectivity index (χ4n) is 4.53. The Morgan fingerprint density at radius 2 is 1.83 bits per heavy atom. The molecule has 1 atom stereocenters. The van der Waals surface area contributed by atoms with Crippen LogP contribution in [0.25, 0.3) is 0 Å². The summed E-state index contributed by atoms with van der Waals surface area (Å²) in [7, 11) is 0. The summed E-state index contributed by atoms with van der Waals surface area (Å²) in [6.07, 6.45) is 7.98. The number of nitrogens with zero attached hydrogens (tertiary/aromatic N) is 4. The first kappa shape index (κ1) is 17.3. The number of likely N-dealkylation sites (tertiary alicyclic amines) is 1. The molecule has 0 unspecified atom stereocenters. The lowest BCUT2D eigenvalue weighted by Crippen LogP contribution is -3.14. The lowest BCUT2D eigenvalue weighted by Gasteiger charge is -2.35. The molecule has 0 aromatic carbocycles. The highest BCUT2D eigenvalue weighted by molar-refractivity contribution is 5.76. The molecule has 1 saturated carbocycles. The van der Waals surface area contributed by atoms with Crippen molar-refractivity contribution in [1.82, 2.24) is 20.2 Å². The van der Waals surface area contributed by atoms with Gasteiger partial charge in [0.05, 0.1) is 19.1 Å². The topological polar surface area (TPSA) is 91.1 Å². The van der Waals surface area contributed by atoms with Crippen LogP contribution >= 0.6 is 0 Å². The Morgan fingerprint density at radius 1 is 1.17 bits per heavy atom. The summed E-state index contributed by atoms with van der Waals surface area (Å²) in [5, 5.41) is 12.8. The third-order valence-corrected chi connectivity index (χ3v) is 5.85. The maximum absolute atomic E-state index is 11.4. The lowest BCUT2D eigenvalue weighted by atomic mass is 9.91. The van der Waals surface area contributed by atoms with E-state index < -0.39 is 0 Å². The predicted octanol–water partition coefficient (Wildman–Crippen LogP) is 0.656. The van der Waals surface area contributed by atoms with Crippen LogP contribution in [0.3, 0.4) is 0 Å². The molecule has 3 N–H and O–H groups in total. The van der Waals surface area contributed by atoms with E-state index in [1.807, 2.05) is 0 Å². The van der Waals surface area contributed by atoms with E-state index in [4.69, 9.17) is 5.73 Å². The van der Waals surface area contributed by atoms with Gasteiger partial charge in [-0.1, -0.05) is 33.1 Å². The van der Waals surface area contributed by atoms with Gasteiger partial charge in [0.15, 0.2) is 6.04 Å². The molecular formula is C17H31N6O+. The van der Waals surface area contributed by atoms with Gasteiger partial charge >= 0.3 is 0 Å². The molecule has 3 rings (SSSR count). The first-order chi connectivity index (χ1) is 11.6. The van der Waals surface area contributed by atoms with Gasteiger partial charge < -0.3 is 10.6 Å². The van der Waals surface area contributed by atoms with Crippen molar-refractivity contribution in [3.63, 3.8) is 0 Å². The Hall–Kier alpha value is -1.50. The molecule has 2 heterocycles. The summed E-state index contributed by atoms with van der Waals surface area (Å²) < 4.78 is 2.11. The van der Waals surface area contributed by atoms with Crippen LogP contribution in [0.2, 0.25) is 0 Å². The number of carbonyl (C=O) groups excluding carboxylic acids is 1. The summed E-state index contributed by atoms with van der Waals surface area (Å²) in [6, 6.07) is 0.739. The van der Waals surface area contributed by atoms with Crippen LogP contribution in [-0.2, 0) is 4.79 Å². The van der Waals surface area contributed by atoms with Crippen molar-refractivity contribution in [2.45, 2.75) is 70.9 Å². The highest BCUT2D eigenvalue weighted by atomic mass is 16.1. The maximum Gasteiger partial charge on any atom is 0.220 e. The smallest absolute Gasteiger partial charge is 0.220 e. The number of primary amides is 1. The Labute approximate surface area is 144 Å². The van der Waals surface area contributed by atoms with E-state index in [9.17, 15) is 4.79 Å². The average molecular weight is 335 g/mol. The van der Waals surface area contributed by atoms with E-state index in [1.54, 1.807) is 0 Å². The van der Waals surface area contributed by atoms with Gasteiger partial charge in [-0.3, -0.25) is 4.79 Å². The molecule has 2 fully saturated rings. The minimum atomic E-state index is -0.151. The number of piperidine rings is 1. The molecule has 0 radical (unpaired) electrons. The first-order valence-corrected chi connectivity index (χ1v) is 9.49. The summed E-state index contributed by atoms with van der Waals surface area (Å²) in [5.41, 5.74) is 5.48. The van der Waals surface area contributed by atoms with Gasteiger partial charge in [-0.25, -0.2) is 4.68 Å². The summed E-state index contributed by atoms with van der Waals surface area (Å²) in [4.78, 5) is 12.9. The monoisotopic (exact) mass is 335 g/mol. The van der Waals surface area contributed by atoms with Crippen LogP contribution in [0, 0.1) is 11.8 Å². The zero-order valence-electron chi connectivity index (χ0n) is 14.9. The van der Waals surface area contributed by atoms with E-state index in [1.165, 1.54) is 37.0 Å². The van der Waals surface area contributed by atoms with Crippen molar-refractivity contribution in [2.75, 3.05) is 13.1 Å². The third-order valence-electron chi connectivity index (χ3n) is 5.85. The van der Waals surface area contributed by atoms with E-state index in [2.05, 4.69) is 34.1 Å². The van der Waals surface area contributed by atoms with Gasteiger partial charge in [0.2, 0.25) is 11.7 Å². The molecule has 1 aliphatic carbocycles. The van der Waals surface area contributed by atoms with Crippen molar-refractivity contribution in [1.29, 1.82) is 0 Å². The fourth-order valence-corrected chi connectivity index (χ4v) is 4.53.